The van der Waals surface area contributed by atoms with Gasteiger partial charge in [-0.1, -0.05) is 0 Å². The molecule has 0 saturated heterocycles. The van der Waals surface area contributed by atoms with Gasteiger partial charge in [-0.15, -0.1) is 0 Å². The highest BCUT2D eigenvalue weighted by Crippen LogP contribution is 1.93. The molecule has 0 atom stereocenters. The maximum Gasteiger partial charge on any atom is 0.0558 e. The highest BCUT2D eigenvalue weighted by atomic mass is 31.1. The van der Waals surface area contributed by atoms with Crippen LogP contribution >= 0.6 is 8.20 Å². The third-order valence-corrected chi connectivity index (χ3v) is 0.800. The first kappa shape index (κ1) is 2.10. The lowest BCUT2D eigenvalue weighted by atomic mass is 11.4. The Morgan fingerprint density at radius 1 is 1.75 bits per heavy atom. The highest BCUT2D eigenvalue weighted by molar-refractivity contribution is 7.57. The van der Waals surface area contributed by atoms with Crippen molar-refractivity contribution >= 4 is 20.1 Å². The minimum Gasteiger partial charge on any atom is -0.255 e. The summed E-state index contributed by atoms with van der Waals surface area (Å²) >= 11 is 0. The summed E-state index contributed by atoms with van der Waals surface area (Å²) in [5, 5.41) is 0. The molecule has 0 unspecified atom stereocenters. The monoisotopic (exact) mass is 71.0 g/mol. The Kier molecular flexibility index (Phi) is 0.342. The van der Waals surface area contributed by atoms with Crippen LogP contribution in [-0.2, 0) is 0 Å². The van der Waals surface area contributed by atoms with Gasteiger partial charge >= 0.3 is 0 Å². The fourth-order valence-corrected chi connectivity index (χ4v) is 0.200. The molecule has 0 aliphatic carbocycles. The van der Waals surface area contributed by atoms with Crippen molar-refractivity contribution < 1.29 is 0 Å². The zero-order valence-corrected chi connectivity index (χ0v) is 2.94. The summed E-state index contributed by atoms with van der Waals surface area (Å²) in [4.78, 5) is 3.65. The molecule has 0 aromatic carbocycles. The van der Waals surface area contributed by atoms with Crippen LogP contribution in [0.2, 0.25) is 0 Å². The minimum absolute atomic E-state index is 1.26. The minimum atomic E-state index is 1.26. The van der Waals surface area contributed by atoms with Crippen molar-refractivity contribution in [2.24, 2.45) is 4.99 Å². The predicted molar refractivity (Wildman–Crippen MR) is 21.5 cm³/mol. The van der Waals surface area contributed by atoms with E-state index in [1.807, 2.05) is 11.9 Å². The van der Waals surface area contributed by atoms with Crippen molar-refractivity contribution in [3.63, 3.8) is 0 Å². The van der Waals surface area contributed by atoms with Crippen LogP contribution in [0.4, 0.5) is 0 Å². The summed E-state index contributed by atoms with van der Waals surface area (Å²) in [6.45, 7) is 0. The molecule has 0 spiro atoms. The normalized spacial score (nSPS) is 20.0. The molecule has 0 bridgehead atoms. The molecule has 2 heteroatoms. The second kappa shape index (κ2) is 0.652. The first-order chi connectivity index (χ1) is 2.00. The van der Waals surface area contributed by atoms with Gasteiger partial charge in [0.2, 0.25) is 0 Å². The van der Waals surface area contributed by atoms with Crippen LogP contribution in [0.15, 0.2) is 4.99 Å². The second-order valence-electron chi connectivity index (χ2n) is 0.529. The van der Waals surface area contributed by atoms with E-state index >= 15 is 0 Å². The Labute approximate surface area is 26.2 Å². The van der Waals surface area contributed by atoms with E-state index < -0.39 is 0 Å². The predicted octanol–water partition coefficient (Wildman–Crippen LogP) is 0.734. The van der Waals surface area contributed by atoms with E-state index in [9.17, 15) is 0 Å². The van der Waals surface area contributed by atoms with Gasteiger partial charge in [-0.2, -0.15) is 0 Å². The Morgan fingerprint density at radius 2 is 2.00 bits per heavy atom. The summed E-state index contributed by atoms with van der Waals surface area (Å²) in [5.41, 5.74) is 0. The molecule has 1 aliphatic rings. The quantitative estimate of drug-likeness (QED) is 0.373. The summed E-state index contributed by atoms with van der Waals surface area (Å²) in [6.07, 6.45) is 0. The van der Waals surface area contributed by atoms with E-state index in [0.29, 0.717) is 0 Å². The molecule has 0 aromatic heterocycles. The Morgan fingerprint density at radius 3 is 2.00 bits per heavy atom. The van der Waals surface area contributed by atoms with E-state index in [1.165, 1.54) is 8.20 Å². The maximum absolute atomic E-state index is 3.65. The maximum atomic E-state index is 3.65. The van der Waals surface area contributed by atoms with Crippen molar-refractivity contribution in [1.29, 1.82) is 0 Å². The van der Waals surface area contributed by atoms with Gasteiger partial charge in [0.1, 0.15) is 0 Å². The molecule has 20 valence electrons. The van der Waals surface area contributed by atoms with Gasteiger partial charge in [-0.25, -0.2) is 0 Å². The van der Waals surface area contributed by atoms with Crippen molar-refractivity contribution in [1.82, 2.24) is 0 Å². The van der Waals surface area contributed by atoms with Crippen LogP contribution in [0.3, 0.4) is 0 Å². The van der Waals surface area contributed by atoms with Gasteiger partial charge in [-0.3, -0.25) is 4.99 Å². The zero-order valence-electron chi connectivity index (χ0n) is 2.05. The Hall–Kier alpha value is -0.160. The fraction of sp³-hybridized carbons (Fsp3) is 0. The molecule has 1 nitrogen and oxygen atoms in total. The average molecular weight is 71.0 g/mol. The summed E-state index contributed by atoms with van der Waals surface area (Å²) in [5.74, 6) is 3.69. The molecular formula is C2H2NP. The van der Waals surface area contributed by atoms with E-state index in [0.717, 1.165) is 0 Å². The van der Waals surface area contributed by atoms with E-state index in [2.05, 4.69) is 4.99 Å². The SMILES string of the molecule is C1=NC=P1. The molecule has 1 aliphatic heterocycles. The number of nitrogens with zero attached hydrogens (tertiary/aromatic N) is 1. The third kappa shape index (κ3) is 0.0880. The molecular weight excluding hydrogens is 69.0 g/mol. The van der Waals surface area contributed by atoms with Gasteiger partial charge in [0.05, 0.1) is 11.9 Å². The number of hydrogen-bond acceptors (Lipinski definition) is 1. The second-order valence-corrected chi connectivity index (χ2v) is 1.29. The summed E-state index contributed by atoms with van der Waals surface area (Å²) < 4.78 is 0. The molecule has 0 aromatic rings. The molecule has 4 heavy (non-hydrogen) atoms. The molecule has 1 heterocycles. The van der Waals surface area contributed by atoms with Crippen LogP contribution in [0.25, 0.3) is 0 Å². The van der Waals surface area contributed by atoms with E-state index in [4.69, 9.17) is 0 Å². The Bertz CT molecular complexity index is 46.4. The Balaban J connectivity index is 2.67. The lowest BCUT2D eigenvalue weighted by molar-refractivity contribution is 1.90. The smallest absolute Gasteiger partial charge is 0.0558 e. The summed E-state index contributed by atoms with van der Waals surface area (Å²) in [7, 11) is 1.26. The fourth-order valence-electron chi connectivity index (χ4n) is 0.0667. The number of hydrogen-bond donors (Lipinski definition) is 0. The zero-order chi connectivity index (χ0) is 2.83. The van der Waals surface area contributed by atoms with Crippen molar-refractivity contribution in [3.8, 4) is 0 Å². The number of rotatable bonds is 0. The molecule has 0 fully saturated rings. The van der Waals surface area contributed by atoms with Gasteiger partial charge in [0.15, 0.2) is 0 Å². The van der Waals surface area contributed by atoms with Crippen LogP contribution in [0, 0.1) is 0 Å². The standard InChI is InChI=1S/C2H2NP/c1-3-2-4-1/h1-2H. The van der Waals surface area contributed by atoms with Crippen molar-refractivity contribution in [2.75, 3.05) is 0 Å². The van der Waals surface area contributed by atoms with Crippen molar-refractivity contribution in [2.45, 2.75) is 0 Å². The molecule has 0 amide bonds. The van der Waals surface area contributed by atoms with Crippen LogP contribution < -0.4 is 0 Å². The van der Waals surface area contributed by atoms with Crippen LogP contribution in [-0.4, -0.2) is 11.9 Å². The molecule has 0 radical (unpaired) electrons. The van der Waals surface area contributed by atoms with Gasteiger partial charge in [0.25, 0.3) is 0 Å². The molecule has 1 rings (SSSR count). The molecule has 0 N–H and O–H groups in total. The average Bonchev–Trinajstić information content (AvgIpc) is 0.722. The lowest BCUT2D eigenvalue weighted by Gasteiger charge is -1.76. The third-order valence-electron chi connectivity index (χ3n) is 0.267. The lowest BCUT2D eigenvalue weighted by Crippen LogP contribution is -1.65. The van der Waals surface area contributed by atoms with Gasteiger partial charge < -0.3 is 0 Å². The molecule has 0 saturated carbocycles. The summed E-state index contributed by atoms with van der Waals surface area (Å²) in [6, 6.07) is 0. The number of aliphatic imine (C=N–C) groups is 1. The van der Waals surface area contributed by atoms with Crippen molar-refractivity contribution in [3.05, 3.63) is 0 Å². The highest BCUT2D eigenvalue weighted by Gasteiger charge is 1.67. The topological polar surface area (TPSA) is 12.4 Å². The first-order valence-electron chi connectivity index (χ1n) is 1.03. The van der Waals surface area contributed by atoms with Crippen LogP contribution in [0.1, 0.15) is 0 Å². The van der Waals surface area contributed by atoms with Gasteiger partial charge in [-0.05, 0) is 8.20 Å². The first-order valence-corrected chi connectivity index (χ1v) is 2.07. The van der Waals surface area contributed by atoms with E-state index in [-0.39, 0.29) is 0 Å². The van der Waals surface area contributed by atoms with Crippen LogP contribution in [0.5, 0.6) is 0 Å². The van der Waals surface area contributed by atoms with E-state index in [1.54, 1.807) is 0 Å². The van der Waals surface area contributed by atoms with Gasteiger partial charge in [0, 0.05) is 0 Å². The largest absolute Gasteiger partial charge is 0.255 e.